The summed E-state index contributed by atoms with van der Waals surface area (Å²) in [6.45, 7) is 2.96. The van der Waals surface area contributed by atoms with Crippen molar-refractivity contribution in [2.45, 2.75) is 19.4 Å². The molecule has 1 atom stereocenters. The number of fused-ring (bicyclic) bond motifs is 1. The van der Waals surface area contributed by atoms with Gasteiger partial charge in [-0.15, -0.1) is 0 Å². The zero-order chi connectivity index (χ0) is 15.6. The fourth-order valence-corrected chi connectivity index (χ4v) is 3.27. The van der Waals surface area contributed by atoms with Crippen LogP contribution in [-0.2, 0) is 13.0 Å². The molecule has 1 aromatic carbocycles. The first-order chi connectivity index (χ1) is 11.3. The predicted octanol–water partition coefficient (Wildman–Crippen LogP) is 2.77. The third kappa shape index (κ3) is 2.84. The third-order valence-corrected chi connectivity index (χ3v) is 4.49. The van der Waals surface area contributed by atoms with Crippen LogP contribution in [0.3, 0.4) is 0 Å². The Bertz CT molecular complexity index is 821. The van der Waals surface area contributed by atoms with Gasteiger partial charge in [-0.2, -0.15) is 0 Å². The Morgan fingerprint density at radius 1 is 1.22 bits per heavy atom. The molecule has 1 saturated heterocycles. The summed E-state index contributed by atoms with van der Waals surface area (Å²) in [6.07, 6.45) is 3.44. The van der Waals surface area contributed by atoms with E-state index in [2.05, 4.69) is 14.9 Å². The molecular weight excluding hydrogens is 291 g/mol. The topological polar surface area (TPSA) is 42.7 Å². The first-order valence-corrected chi connectivity index (χ1v) is 8.05. The summed E-state index contributed by atoms with van der Waals surface area (Å²) in [5, 5.41) is 3.40. The van der Waals surface area contributed by atoms with Crippen LogP contribution in [0.4, 0.5) is 4.39 Å². The van der Waals surface area contributed by atoms with Gasteiger partial charge in [0.2, 0.25) is 0 Å². The highest BCUT2D eigenvalue weighted by molar-refractivity contribution is 5.71. The fraction of sp³-hybridized carbons (Fsp3) is 0.333. The number of nitrogens with one attached hydrogen (secondary N) is 1. The zero-order valence-corrected chi connectivity index (χ0v) is 12.9. The van der Waals surface area contributed by atoms with Crippen molar-refractivity contribution in [3.8, 4) is 0 Å². The number of hydrogen-bond acceptors (Lipinski definition) is 3. The summed E-state index contributed by atoms with van der Waals surface area (Å²) in [5.74, 6) is 1.28. The quantitative estimate of drug-likeness (QED) is 0.806. The number of benzene rings is 1. The number of aromatic nitrogens is 3. The molecule has 3 aromatic rings. The van der Waals surface area contributed by atoms with Gasteiger partial charge in [0.25, 0.3) is 0 Å². The lowest BCUT2D eigenvalue weighted by Crippen LogP contribution is -2.16. The van der Waals surface area contributed by atoms with Crippen LogP contribution in [0.25, 0.3) is 11.2 Å². The lowest BCUT2D eigenvalue weighted by atomic mass is 10.1. The van der Waals surface area contributed by atoms with Crippen LogP contribution in [-0.4, -0.2) is 27.6 Å². The molecule has 0 amide bonds. The summed E-state index contributed by atoms with van der Waals surface area (Å²) in [5.41, 5.74) is 2.45. The first kappa shape index (κ1) is 14.3. The van der Waals surface area contributed by atoms with Crippen LogP contribution >= 0.6 is 0 Å². The number of halogens is 1. The van der Waals surface area contributed by atoms with Gasteiger partial charge in [0, 0.05) is 19.2 Å². The Balaban J connectivity index is 1.73. The van der Waals surface area contributed by atoms with Gasteiger partial charge in [0.05, 0.1) is 0 Å². The summed E-state index contributed by atoms with van der Waals surface area (Å²) in [6, 6.07) is 10.8. The van der Waals surface area contributed by atoms with Crippen molar-refractivity contribution in [2.24, 2.45) is 5.92 Å². The molecule has 0 spiro atoms. The van der Waals surface area contributed by atoms with E-state index in [1.807, 2.05) is 24.3 Å². The van der Waals surface area contributed by atoms with E-state index in [0.717, 1.165) is 43.0 Å². The second-order valence-electron chi connectivity index (χ2n) is 6.11. The van der Waals surface area contributed by atoms with Crippen molar-refractivity contribution >= 4 is 11.2 Å². The van der Waals surface area contributed by atoms with Gasteiger partial charge in [0.15, 0.2) is 5.65 Å². The largest absolute Gasteiger partial charge is 0.316 e. The summed E-state index contributed by atoms with van der Waals surface area (Å²) in [7, 11) is 0. The molecule has 118 valence electrons. The van der Waals surface area contributed by atoms with E-state index < -0.39 is 0 Å². The Hall–Kier alpha value is -2.27. The molecule has 4 rings (SSSR count). The maximum Gasteiger partial charge on any atom is 0.160 e. The highest BCUT2D eigenvalue weighted by Gasteiger charge is 2.20. The molecule has 23 heavy (non-hydrogen) atoms. The van der Waals surface area contributed by atoms with Gasteiger partial charge in [-0.25, -0.2) is 14.4 Å². The van der Waals surface area contributed by atoms with Crippen LogP contribution in [0.15, 0.2) is 42.6 Å². The lowest BCUT2D eigenvalue weighted by Gasteiger charge is -2.13. The van der Waals surface area contributed by atoms with Crippen molar-refractivity contribution in [3.63, 3.8) is 0 Å². The molecule has 0 radical (unpaired) electrons. The Kier molecular flexibility index (Phi) is 3.79. The minimum atomic E-state index is -0.179. The van der Waals surface area contributed by atoms with E-state index in [0.29, 0.717) is 17.9 Å². The van der Waals surface area contributed by atoms with E-state index in [-0.39, 0.29) is 5.82 Å². The van der Waals surface area contributed by atoms with Crippen LogP contribution in [0.5, 0.6) is 0 Å². The number of pyridine rings is 1. The first-order valence-electron chi connectivity index (χ1n) is 8.05. The zero-order valence-electron chi connectivity index (χ0n) is 12.9. The summed E-state index contributed by atoms with van der Waals surface area (Å²) < 4.78 is 16.2. The van der Waals surface area contributed by atoms with E-state index in [1.165, 1.54) is 6.07 Å². The molecule has 0 aliphatic carbocycles. The smallest absolute Gasteiger partial charge is 0.160 e. The maximum atomic E-state index is 14.0. The molecule has 1 unspecified atom stereocenters. The highest BCUT2D eigenvalue weighted by Crippen LogP contribution is 2.21. The number of nitrogens with zero attached hydrogens (tertiary/aromatic N) is 3. The molecule has 4 nitrogen and oxygen atoms in total. The Morgan fingerprint density at radius 3 is 2.96 bits per heavy atom. The molecule has 0 saturated carbocycles. The van der Waals surface area contributed by atoms with Crippen molar-refractivity contribution in [1.82, 2.24) is 19.9 Å². The Labute approximate surface area is 134 Å². The Morgan fingerprint density at radius 2 is 2.13 bits per heavy atom. The molecule has 1 N–H and O–H groups in total. The molecule has 2 aromatic heterocycles. The van der Waals surface area contributed by atoms with Crippen LogP contribution in [0, 0.1) is 11.7 Å². The average Bonchev–Trinajstić information content (AvgIpc) is 3.19. The van der Waals surface area contributed by atoms with Crippen molar-refractivity contribution in [1.29, 1.82) is 0 Å². The molecule has 3 heterocycles. The van der Waals surface area contributed by atoms with Gasteiger partial charge >= 0.3 is 0 Å². The molecule has 5 heteroatoms. The number of hydrogen-bond donors (Lipinski definition) is 1. The second-order valence-corrected chi connectivity index (χ2v) is 6.11. The summed E-state index contributed by atoms with van der Waals surface area (Å²) >= 11 is 0. The van der Waals surface area contributed by atoms with Gasteiger partial charge in [-0.3, -0.25) is 0 Å². The van der Waals surface area contributed by atoms with Gasteiger partial charge in [-0.1, -0.05) is 18.2 Å². The van der Waals surface area contributed by atoms with Crippen LogP contribution in [0.2, 0.25) is 0 Å². The lowest BCUT2D eigenvalue weighted by molar-refractivity contribution is 0.477. The van der Waals surface area contributed by atoms with E-state index >= 15 is 0 Å². The maximum absolute atomic E-state index is 14.0. The van der Waals surface area contributed by atoms with E-state index in [1.54, 1.807) is 12.3 Å². The van der Waals surface area contributed by atoms with Crippen LogP contribution < -0.4 is 5.32 Å². The molecule has 1 aliphatic heterocycles. The normalized spacial score (nSPS) is 17.9. The average molecular weight is 310 g/mol. The number of imidazole rings is 1. The van der Waals surface area contributed by atoms with Crippen molar-refractivity contribution in [3.05, 3.63) is 59.8 Å². The molecular formula is C18H19FN4. The monoisotopic (exact) mass is 310 g/mol. The second kappa shape index (κ2) is 6.08. The van der Waals surface area contributed by atoms with Gasteiger partial charge < -0.3 is 9.88 Å². The molecule has 1 fully saturated rings. The van der Waals surface area contributed by atoms with Gasteiger partial charge in [-0.05, 0) is 49.2 Å². The van der Waals surface area contributed by atoms with E-state index in [4.69, 9.17) is 4.98 Å². The highest BCUT2D eigenvalue weighted by atomic mass is 19.1. The molecule has 1 aliphatic rings. The fourth-order valence-electron chi connectivity index (χ4n) is 3.27. The standard InChI is InChI=1S/C18H19FN4/c19-15-5-2-1-4-14(15)10-17-22-16-6-3-8-21-18(16)23(17)12-13-7-9-20-11-13/h1-6,8,13,20H,7,9-12H2. The SMILES string of the molecule is Fc1ccccc1Cc1nc2cccnc2n1CC1CCNC1. The van der Waals surface area contributed by atoms with Gasteiger partial charge in [0.1, 0.15) is 17.2 Å². The third-order valence-electron chi connectivity index (χ3n) is 4.49. The minimum absolute atomic E-state index is 0.179. The van der Waals surface area contributed by atoms with Crippen LogP contribution in [0.1, 0.15) is 17.8 Å². The van der Waals surface area contributed by atoms with E-state index in [9.17, 15) is 4.39 Å². The summed E-state index contributed by atoms with van der Waals surface area (Å²) in [4.78, 5) is 9.20. The minimum Gasteiger partial charge on any atom is -0.316 e. The van der Waals surface area contributed by atoms with Crippen molar-refractivity contribution < 1.29 is 4.39 Å². The predicted molar refractivity (Wildman–Crippen MR) is 87.7 cm³/mol. The molecule has 0 bridgehead atoms. The van der Waals surface area contributed by atoms with Crippen molar-refractivity contribution in [2.75, 3.05) is 13.1 Å². The number of rotatable bonds is 4.